The zero-order valence-corrected chi connectivity index (χ0v) is 16.0. The van der Waals surface area contributed by atoms with Crippen LogP contribution in [-0.2, 0) is 0 Å². The molecule has 0 spiro atoms. The van der Waals surface area contributed by atoms with Crippen molar-refractivity contribution in [1.29, 1.82) is 0 Å². The Morgan fingerprint density at radius 3 is 2.61 bits per heavy atom. The normalized spacial score (nSPS) is 13.1. The van der Waals surface area contributed by atoms with Gasteiger partial charge in [0.1, 0.15) is 19.0 Å². The molecule has 0 N–H and O–H groups in total. The average Bonchev–Trinajstić information content (AvgIpc) is 3.25. The first-order valence-electron chi connectivity index (χ1n) is 9.60. The van der Waals surface area contributed by atoms with E-state index in [2.05, 4.69) is 15.1 Å². The van der Waals surface area contributed by atoms with Crippen LogP contribution in [-0.4, -0.2) is 37.4 Å². The molecule has 0 amide bonds. The number of benzene rings is 2. The van der Waals surface area contributed by atoms with Gasteiger partial charge < -0.3 is 9.47 Å². The van der Waals surface area contributed by atoms with Crippen molar-refractivity contribution in [2.24, 2.45) is 0 Å². The predicted molar refractivity (Wildman–Crippen MR) is 110 cm³/mol. The monoisotopic (exact) mass is 415 g/mol. The summed E-state index contributed by atoms with van der Waals surface area (Å²) < 4.78 is 27.4. The molecule has 4 heterocycles. The summed E-state index contributed by atoms with van der Waals surface area (Å²) in [7, 11) is 0. The van der Waals surface area contributed by atoms with Gasteiger partial charge in [-0.3, -0.25) is 9.36 Å². The zero-order chi connectivity index (χ0) is 20.9. The molecule has 0 saturated carbocycles. The fourth-order valence-electron chi connectivity index (χ4n) is 3.63. The van der Waals surface area contributed by atoms with Crippen molar-refractivity contribution < 1.29 is 13.9 Å². The fraction of sp³-hybridized carbons (Fsp3) is 0.0909. The van der Waals surface area contributed by atoms with Crippen molar-refractivity contribution >= 4 is 16.7 Å². The number of aromatic nitrogens is 5. The third-order valence-corrected chi connectivity index (χ3v) is 5.14. The maximum Gasteiger partial charge on any atom is 0.266 e. The lowest BCUT2D eigenvalue weighted by atomic mass is 10.2. The van der Waals surface area contributed by atoms with Crippen LogP contribution < -0.4 is 15.0 Å². The quantitative estimate of drug-likeness (QED) is 0.441. The number of fused-ring (bicyclic) bond motifs is 4. The van der Waals surface area contributed by atoms with Crippen molar-refractivity contribution in [2.45, 2.75) is 0 Å². The lowest BCUT2D eigenvalue weighted by Crippen LogP contribution is -2.18. The minimum Gasteiger partial charge on any atom is -0.486 e. The second kappa shape index (κ2) is 6.63. The number of hydrogen-bond acceptors (Lipinski definition) is 6. The minimum atomic E-state index is -0.366. The smallest absolute Gasteiger partial charge is 0.266 e. The van der Waals surface area contributed by atoms with E-state index in [9.17, 15) is 9.18 Å². The van der Waals surface area contributed by atoms with E-state index in [-0.39, 0.29) is 11.4 Å². The molecule has 152 valence electrons. The van der Waals surface area contributed by atoms with Gasteiger partial charge in [0.25, 0.3) is 11.3 Å². The SMILES string of the molecule is O=c1c2cnc3nc(-c4ccc5c(c4)OCCO5)nn3c2ccn1-c1ccc(F)cc1. The molecular formula is C22H14FN5O3. The van der Waals surface area contributed by atoms with E-state index < -0.39 is 0 Å². The molecule has 1 aliphatic heterocycles. The third-order valence-electron chi connectivity index (χ3n) is 5.14. The van der Waals surface area contributed by atoms with Gasteiger partial charge in [-0.05, 0) is 48.5 Å². The Hall–Kier alpha value is -4.27. The van der Waals surface area contributed by atoms with Crippen molar-refractivity contribution in [2.75, 3.05) is 13.2 Å². The van der Waals surface area contributed by atoms with Crippen molar-refractivity contribution in [3.63, 3.8) is 0 Å². The second-order valence-electron chi connectivity index (χ2n) is 7.03. The highest BCUT2D eigenvalue weighted by Crippen LogP contribution is 2.33. The zero-order valence-electron chi connectivity index (χ0n) is 16.0. The molecule has 3 aromatic heterocycles. The van der Waals surface area contributed by atoms with Crippen molar-refractivity contribution in [3.05, 3.63) is 77.1 Å². The highest BCUT2D eigenvalue weighted by molar-refractivity contribution is 5.79. The van der Waals surface area contributed by atoms with Gasteiger partial charge in [0.05, 0.1) is 10.9 Å². The van der Waals surface area contributed by atoms with Crippen LogP contribution in [0.15, 0.2) is 65.7 Å². The number of nitrogens with zero attached hydrogens (tertiary/aromatic N) is 5. The molecule has 0 atom stereocenters. The predicted octanol–water partition coefficient (Wildman–Crippen LogP) is 3.01. The summed E-state index contributed by atoms with van der Waals surface area (Å²) in [6.45, 7) is 1.01. The van der Waals surface area contributed by atoms with E-state index in [4.69, 9.17) is 9.47 Å². The van der Waals surface area contributed by atoms with E-state index in [1.54, 1.807) is 24.4 Å². The first kappa shape index (κ1) is 17.6. The van der Waals surface area contributed by atoms with Crippen LogP contribution in [0.1, 0.15) is 0 Å². The van der Waals surface area contributed by atoms with Crippen LogP contribution in [0, 0.1) is 5.82 Å². The molecular weight excluding hydrogens is 401 g/mol. The summed E-state index contributed by atoms with van der Waals surface area (Å²) in [5.41, 5.74) is 1.60. The van der Waals surface area contributed by atoms with Crippen LogP contribution in [0.4, 0.5) is 4.39 Å². The molecule has 0 saturated heterocycles. The van der Waals surface area contributed by atoms with Gasteiger partial charge in [0.2, 0.25) is 0 Å². The Balaban J connectivity index is 1.49. The Bertz CT molecular complexity index is 1520. The molecule has 0 fully saturated rings. The summed E-state index contributed by atoms with van der Waals surface area (Å²) in [5.74, 6) is 1.79. The number of rotatable bonds is 2. The van der Waals surface area contributed by atoms with Crippen LogP contribution in [0.25, 0.3) is 33.8 Å². The molecule has 0 radical (unpaired) electrons. The summed E-state index contributed by atoms with van der Waals surface area (Å²) in [5, 5.41) is 4.94. The number of pyridine rings is 1. The van der Waals surface area contributed by atoms with Gasteiger partial charge in [-0.1, -0.05) is 0 Å². The lowest BCUT2D eigenvalue weighted by molar-refractivity contribution is 0.171. The van der Waals surface area contributed by atoms with Gasteiger partial charge in [0, 0.05) is 23.6 Å². The Morgan fingerprint density at radius 2 is 1.77 bits per heavy atom. The number of hydrogen-bond donors (Lipinski definition) is 0. The molecule has 8 nitrogen and oxygen atoms in total. The van der Waals surface area contributed by atoms with Crippen molar-refractivity contribution in [3.8, 4) is 28.6 Å². The molecule has 5 aromatic rings. The fourth-order valence-corrected chi connectivity index (χ4v) is 3.63. The van der Waals surface area contributed by atoms with Gasteiger partial charge >= 0.3 is 0 Å². The topological polar surface area (TPSA) is 83.5 Å². The van der Waals surface area contributed by atoms with E-state index in [1.807, 2.05) is 18.2 Å². The molecule has 6 rings (SSSR count). The first-order chi connectivity index (χ1) is 15.2. The molecule has 2 aromatic carbocycles. The number of ether oxygens (including phenoxy) is 2. The maximum absolute atomic E-state index is 13.2. The summed E-state index contributed by atoms with van der Waals surface area (Å²) >= 11 is 0. The maximum atomic E-state index is 13.2. The van der Waals surface area contributed by atoms with Gasteiger partial charge in [0.15, 0.2) is 17.3 Å². The van der Waals surface area contributed by atoms with Crippen LogP contribution in [0.5, 0.6) is 11.5 Å². The molecule has 31 heavy (non-hydrogen) atoms. The van der Waals surface area contributed by atoms with Crippen LogP contribution in [0.2, 0.25) is 0 Å². The molecule has 9 heteroatoms. The highest BCUT2D eigenvalue weighted by atomic mass is 19.1. The van der Waals surface area contributed by atoms with Gasteiger partial charge in [-0.25, -0.2) is 9.37 Å². The standard InChI is InChI=1S/C22H14FN5O3/c23-14-2-4-15(5-3-14)27-8-7-17-16(21(27)29)12-24-22-25-20(26-28(17)22)13-1-6-18-19(11-13)31-10-9-30-18/h1-8,11-12H,9-10H2. The molecule has 0 aliphatic carbocycles. The van der Waals surface area contributed by atoms with Crippen LogP contribution >= 0.6 is 0 Å². The molecule has 0 unspecified atom stereocenters. The van der Waals surface area contributed by atoms with Gasteiger partial charge in [-0.15, -0.1) is 5.10 Å². The molecule has 1 aliphatic rings. The van der Waals surface area contributed by atoms with E-state index in [0.29, 0.717) is 52.9 Å². The van der Waals surface area contributed by atoms with E-state index in [1.165, 1.54) is 27.4 Å². The van der Waals surface area contributed by atoms with E-state index in [0.717, 1.165) is 5.56 Å². The average molecular weight is 415 g/mol. The number of halogens is 1. The Labute approximate surface area is 174 Å². The van der Waals surface area contributed by atoms with Crippen LogP contribution in [0.3, 0.4) is 0 Å². The summed E-state index contributed by atoms with van der Waals surface area (Å²) in [6.07, 6.45) is 3.11. The first-order valence-corrected chi connectivity index (χ1v) is 9.60. The molecule has 0 bridgehead atoms. The van der Waals surface area contributed by atoms with Gasteiger partial charge in [-0.2, -0.15) is 9.50 Å². The van der Waals surface area contributed by atoms with E-state index >= 15 is 0 Å². The highest BCUT2D eigenvalue weighted by Gasteiger charge is 2.17. The minimum absolute atomic E-state index is 0.283. The van der Waals surface area contributed by atoms with Crippen molar-refractivity contribution in [1.82, 2.24) is 24.1 Å². The second-order valence-corrected chi connectivity index (χ2v) is 7.03. The largest absolute Gasteiger partial charge is 0.486 e. The Morgan fingerprint density at radius 1 is 0.968 bits per heavy atom. The lowest BCUT2D eigenvalue weighted by Gasteiger charge is -2.18. The summed E-state index contributed by atoms with van der Waals surface area (Å²) in [4.78, 5) is 21.8. The third kappa shape index (κ3) is 2.82. The Kier molecular flexibility index (Phi) is 3.76. The summed E-state index contributed by atoms with van der Waals surface area (Å²) in [6, 6.07) is 13.0.